The van der Waals surface area contributed by atoms with Crippen molar-refractivity contribution < 1.29 is 19.1 Å². The normalized spacial score (nSPS) is 18.1. The lowest BCUT2D eigenvalue weighted by atomic mass is 10.1. The van der Waals surface area contributed by atoms with E-state index in [1.54, 1.807) is 6.07 Å². The Hall–Kier alpha value is -1.63. The number of nitrogens with one attached hydrogen (secondary N) is 1. The van der Waals surface area contributed by atoms with Crippen LogP contribution in [0.3, 0.4) is 0 Å². The van der Waals surface area contributed by atoms with E-state index in [1.807, 2.05) is 0 Å². The predicted molar refractivity (Wildman–Crippen MR) is 75.1 cm³/mol. The summed E-state index contributed by atoms with van der Waals surface area (Å²) in [5.74, 6) is -1.41. The Bertz CT molecular complexity index is 538. The van der Waals surface area contributed by atoms with E-state index in [4.69, 9.17) is 5.11 Å². The molecule has 1 aromatic carbocycles. The van der Waals surface area contributed by atoms with Crippen molar-refractivity contribution in [1.29, 1.82) is 0 Å². The zero-order chi connectivity index (χ0) is 14.7. The molecule has 0 spiro atoms. The minimum absolute atomic E-state index is 0.0365. The molecule has 1 saturated heterocycles. The van der Waals surface area contributed by atoms with Gasteiger partial charge in [0.1, 0.15) is 5.82 Å². The van der Waals surface area contributed by atoms with Gasteiger partial charge >= 0.3 is 12.0 Å². The Balaban J connectivity index is 1.96. The number of hydrogen-bond donors (Lipinski definition) is 2. The summed E-state index contributed by atoms with van der Waals surface area (Å²) in [5.41, 5.74) is 0.103. The number of urea groups is 1. The van der Waals surface area contributed by atoms with Crippen molar-refractivity contribution in [2.45, 2.75) is 12.8 Å². The lowest BCUT2D eigenvalue weighted by molar-refractivity contribution is -0.138. The maximum absolute atomic E-state index is 13.5. The molecule has 1 fully saturated rings. The van der Waals surface area contributed by atoms with E-state index >= 15 is 0 Å². The van der Waals surface area contributed by atoms with Crippen molar-refractivity contribution in [3.05, 3.63) is 28.5 Å². The number of halogens is 2. The summed E-state index contributed by atoms with van der Waals surface area (Å²) >= 11 is 3.21. The summed E-state index contributed by atoms with van der Waals surface area (Å²) in [4.78, 5) is 24.1. The molecule has 108 valence electrons. The van der Waals surface area contributed by atoms with Crippen LogP contribution in [0, 0.1) is 11.7 Å². The third kappa shape index (κ3) is 3.69. The highest BCUT2D eigenvalue weighted by molar-refractivity contribution is 9.10. The highest BCUT2D eigenvalue weighted by atomic mass is 79.9. The van der Waals surface area contributed by atoms with Crippen molar-refractivity contribution in [3.63, 3.8) is 0 Å². The molecule has 5 nitrogen and oxygen atoms in total. The fourth-order valence-corrected chi connectivity index (χ4v) is 2.58. The van der Waals surface area contributed by atoms with Gasteiger partial charge in [0.05, 0.1) is 5.69 Å². The lowest BCUT2D eigenvalue weighted by Gasteiger charge is -2.17. The van der Waals surface area contributed by atoms with Crippen LogP contribution in [0.5, 0.6) is 0 Å². The number of likely N-dealkylation sites (tertiary alicyclic amines) is 1. The number of nitrogens with zero attached hydrogens (tertiary/aromatic N) is 1. The molecule has 1 heterocycles. The smallest absolute Gasteiger partial charge is 0.321 e. The molecule has 1 atom stereocenters. The molecule has 1 aliphatic rings. The van der Waals surface area contributed by atoms with Crippen LogP contribution < -0.4 is 5.32 Å². The molecule has 2 amide bonds. The standard InChI is InChI=1S/C13H14BrFN2O3/c14-9-1-2-10(15)11(6-9)16-13(20)17-4-3-8(7-17)5-12(18)19/h1-2,6,8H,3-5,7H2,(H,16,20)(H,18,19). The quantitative estimate of drug-likeness (QED) is 0.885. The summed E-state index contributed by atoms with van der Waals surface area (Å²) in [6.07, 6.45) is 0.704. The fraction of sp³-hybridized carbons (Fsp3) is 0.385. The van der Waals surface area contributed by atoms with Gasteiger partial charge in [0, 0.05) is 24.0 Å². The van der Waals surface area contributed by atoms with E-state index in [9.17, 15) is 14.0 Å². The Morgan fingerprint density at radius 3 is 2.95 bits per heavy atom. The van der Waals surface area contributed by atoms with Crippen LogP contribution in [0.4, 0.5) is 14.9 Å². The van der Waals surface area contributed by atoms with Gasteiger partial charge in [0.2, 0.25) is 0 Å². The Morgan fingerprint density at radius 2 is 2.25 bits per heavy atom. The second-order valence-electron chi connectivity index (χ2n) is 4.75. The number of hydrogen-bond acceptors (Lipinski definition) is 2. The summed E-state index contributed by atoms with van der Waals surface area (Å²) < 4.78 is 14.2. The highest BCUT2D eigenvalue weighted by Gasteiger charge is 2.28. The van der Waals surface area contributed by atoms with Crippen molar-refractivity contribution in [3.8, 4) is 0 Å². The monoisotopic (exact) mass is 344 g/mol. The largest absolute Gasteiger partial charge is 0.481 e. The number of benzene rings is 1. The van der Waals surface area contributed by atoms with Gasteiger partial charge < -0.3 is 15.3 Å². The molecule has 1 aliphatic heterocycles. The van der Waals surface area contributed by atoms with Gasteiger partial charge in [0.25, 0.3) is 0 Å². The third-order valence-electron chi connectivity index (χ3n) is 3.21. The van der Waals surface area contributed by atoms with Crippen LogP contribution in [0.25, 0.3) is 0 Å². The second-order valence-corrected chi connectivity index (χ2v) is 5.67. The van der Waals surface area contributed by atoms with E-state index in [1.165, 1.54) is 17.0 Å². The summed E-state index contributed by atoms with van der Waals surface area (Å²) in [7, 11) is 0. The van der Waals surface area contributed by atoms with Crippen molar-refractivity contribution in [1.82, 2.24) is 4.90 Å². The zero-order valence-corrected chi connectivity index (χ0v) is 12.2. The third-order valence-corrected chi connectivity index (χ3v) is 3.70. The second kappa shape index (κ2) is 6.21. The fourth-order valence-electron chi connectivity index (χ4n) is 2.22. The summed E-state index contributed by atoms with van der Waals surface area (Å²) in [6.45, 7) is 0.868. The molecule has 7 heteroatoms. The highest BCUT2D eigenvalue weighted by Crippen LogP contribution is 2.23. The minimum atomic E-state index is -0.865. The van der Waals surface area contributed by atoms with Crippen LogP contribution in [-0.2, 0) is 4.79 Å². The van der Waals surface area contributed by atoms with E-state index < -0.39 is 17.8 Å². The first-order valence-electron chi connectivity index (χ1n) is 6.18. The molecule has 1 aromatic rings. The molecule has 0 bridgehead atoms. The number of carbonyl (C=O) groups is 2. The van der Waals surface area contributed by atoms with Crippen molar-refractivity contribution >= 4 is 33.6 Å². The number of anilines is 1. The Labute approximate surface area is 123 Å². The van der Waals surface area contributed by atoms with Crippen molar-refractivity contribution in [2.75, 3.05) is 18.4 Å². The average Bonchev–Trinajstić information content (AvgIpc) is 2.81. The van der Waals surface area contributed by atoms with Gasteiger partial charge in [-0.3, -0.25) is 4.79 Å². The number of rotatable bonds is 3. The first-order valence-corrected chi connectivity index (χ1v) is 6.98. The van der Waals surface area contributed by atoms with Gasteiger partial charge in [0.15, 0.2) is 0 Å². The maximum Gasteiger partial charge on any atom is 0.321 e. The summed E-state index contributed by atoms with van der Waals surface area (Å²) in [6, 6.07) is 3.88. The maximum atomic E-state index is 13.5. The van der Waals surface area contributed by atoms with Gasteiger partial charge in [-0.2, -0.15) is 0 Å². The molecule has 0 radical (unpaired) electrons. The Morgan fingerprint density at radius 1 is 1.50 bits per heavy atom. The lowest BCUT2D eigenvalue weighted by Crippen LogP contribution is -2.33. The van der Waals surface area contributed by atoms with Crippen LogP contribution >= 0.6 is 15.9 Å². The zero-order valence-electron chi connectivity index (χ0n) is 10.6. The molecular weight excluding hydrogens is 331 g/mol. The van der Waals surface area contributed by atoms with Gasteiger partial charge in [-0.05, 0) is 30.5 Å². The van der Waals surface area contributed by atoms with Crippen molar-refractivity contribution in [2.24, 2.45) is 5.92 Å². The van der Waals surface area contributed by atoms with Crippen LogP contribution in [0.1, 0.15) is 12.8 Å². The molecule has 20 heavy (non-hydrogen) atoms. The molecule has 0 aliphatic carbocycles. The summed E-state index contributed by atoms with van der Waals surface area (Å²) in [5, 5.41) is 11.2. The number of carboxylic acid groups (broad SMARTS) is 1. The number of aliphatic carboxylic acids is 1. The SMILES string of the molecule is O=C(O)CC1CCN(C(=O)Nc2cc(Br)ccc2F)C1. The van der Waals surface area contributed by atoms with E-state index in [0.29, 0.717) is 24.0 Å². The number of carboxylic acids is 1. The molecule has 0 aromatic heterocycles. The minimum Gasteiger partial charge on any atom is -0.481 e. The van der Waals surface area contributed by atoms with Gasteiger partial charge in [-0.1, -0.05) is 15.9 Å². The first-order chi connectivity index (χ1) is 9.45. The number of carbonyl (C=O) groups excluding carboxylic acids is 1. The molecular formula is C13H14BrFN2O3. The molecule has 0 saturated carbocycles. The van der Waals surface area contributed by atoms with E-state index in [-0.39, 0.29) is 18.0 Å². The first kappa shape index (κ1) is 14.8. The van der Waals surface area contributed by atoms with Gasteiger partial charge in [-0.25, -0.2) is 9.18 Å². The predicted octanol–water partition coefficient (Wildman–Crippen LogP) is 2.92. The van der Waals surface area contributed by atoms with Crippen LogP contribution in [0.2, 0.25) is 0 Å². The van der Waals surface area contributed by atoms with E-state index in [0.717, 1.165) is 0 Å². The molecule has 1 unspecified atom stereocenters. The van der Waals surface area contributed by atoms with Gasteiger partial charge in [-0.15, -0.1) is 0 Å². The average molecular weight is 345 g/mol. The Kier molecular flexibility index (Phi) is 4.59. The van der Waals surface area contributed by atoms with Crippen LogP contribution in [0.15, 0.2) is 22.7 Å². The topological polar surface area (TPSA) is 69.6 Å². The van der Waals surface area contributed by atoms with Crippen LogP contribution in [-0.4, -0.2) is 35.1 Å². The molecule has 2 N–H and O–H groups in total. The number of amides is 2. The molecule has 2 rings (SSSR count). The van der Waals surface area contributed by atoms with E-state index in [2.05, 4.69) is 21.2 Å².